The Morgan fingerprint density at radius 2 is 1.71 bits per heavy atom. The Labute approximate surface area is 169 Å². The number of nitrogens with zero attached hydrogens (tertiary/aromatic N) is 1. The second-order valence-corrected chi connectivity index (χ2v) is 9.15. The zero-order chi connectivity index (χ0) is 19.6. The summed E-state index contributed by atoms with van der Waals surface area (Å²) in [4.78, 5) is 31.5. The average Bonchev–Trinajstić information content (AvgIpc) is 2.92. The molecule has 0 unspecified atom stereocenters. The van der Waals surface area contributed by atoms with Crippen molar-refractivity contribution >= 4 is 28.9 Å². The molecule has 0 fully saturated rings. The fourth-order valence-corrected chi connectivity index (χ4v) is 5.14. The van der Waals surface area contributed by atoms with E-state index in [1.165, 1.54) is 0 Å². The normalized spacial score (nSPS) is 25.2. The minimum absolute atomic E-state index is 0.0449. The number of halogens is 1. The quantitative estimate of drug-likeness (QED) is 0.657. The van der Waals surface area contributed by atoms with E-state index >= 15 is 0 Å². The molecule has 0 N–H and O–H groups in total. The summed E-state index contributed by atoms with van der Waals surface area (Å²) in [5.74, 6) is -0.643. The van der Waals surface area contributed by atoms with Crippen LogP contribution in [-0.4, -0.2) is 17.3 Å². The zero-order valence-corrected chi connectivity index (χ0v) is 16.6. The highest BCUT2D eigenvalue weighted by atomic mass is 35.5. The average molecular weight is 390 g/mol. The Morgan fingerprint density at radius 1 is 0.964 bits per heavy atom. The SMILES string of the molecule is CC1(C)CC(=O)C2=C(C1)N=C1c3ccccc3C(=O)[C@@H]1[C@H]2c1cccc(Cl)c1. The first-order valence-electron chi connectivity index (χ1n) is 9.60. The van der Waals surface area contributed by atoms with Crippen molar-refractivity contribution < 1.29 is 9.59 Å². The molecule has 0 radical (unpaired) electrons. The maximum Gasteiger partial charge on any atom is 0.173 e. The molecule has 28 heavy (non-hydrogen) atoms. The molecule has 0 spiro atoms. The molecule has 2 aliphatic carbocycles. The molecule has 1 aliphatic heterocycles. The Hall–Kier alpha value is -2.52. The van der Waals surface area contributed by atoms with E-state index < -0.39 is 5.92 Å². The lowest BCUT2D eigenvalue weighted by Gasteiger charge is -2.38. The second kappa shape index (κ2) is 5.99. The standard InChI is InChI=1S/C24H20ClNO2/c1-24(2)11-17-20(18(27)12-24)19(13-6-5-7-14(25)10-13)21-22(26-17)15-8-3-4-9-16(15)23(21)28/h3-10,19,21H,11-12H2,1-2H3/t19-,21+/m0/s1. The van der Waals surface area contributed by atoms with Crippen LogP contribution in [0.1, 0.15) is 54.1 Å². The van der Waals surface area contributed by atoms with Gasteiger partial charge in [0.25, 0.3) is 0 Å². The van der Waals surface area contributed by atoms with Gasteiger partial charge in [0.1, 0.15) is 0 Å². The molecule has 1 heterocycles. The first-order chi connectivity index (χ1) is 13.4. The van der Waals surface area contributed by atoms with Gasteiger partial charge in [-0.3, -0.25) is 14.6 Å². The fourth-order valence-electron chi connectivity index (χ4n) is 4.95. The molecule has 2 atom stereocenters. The van der Waals surface area contributed by atoms with E-state index in [-0.39, 0.29) is 22.9 Å². The van der Waals surface area contributed by atoms with Crippen LogP contribution in [0.5, 0.6) is 0 Å². The van der Waals surface area contributed by atoms with Crippen molar-refractivity contribution in [2.45, 2.75) is 32.6 Å². The van der Waals surface area contributed by atoms with E-state index in [0.29, 0.717) is 22.6 Å². The molecular formula is C24H20ClNO2. The van der Waals surface area contributed by atoms with Crippen molar-refractivity contribution in [1.29, 1.82) is 0 Å². The van der Waals surface area contributed by atoms with Gasteiger partial charge in [0.15, 0.2) is 11.6 Å². The van der Waals surface area contributed by atoms with Crippen LogP contribution in [0.4, 0.5) is 0 Å². The topological polar surface area (TPSA) is 46.5 Å². The summed E-state index contributed by atoms with van der Waals surface area (Å²) >= 11 is 6.27. The highest BCUT2D eigenvalue weighted by molar-refractivity contribution is 6.31. The summed E-state index contributed by atoms with van der Waals surface area (Å²) in [5, 5.41) is 0.607. The number of benzene rings is 2. The number of hydrogen-bond donors (Lipinski definition) is 0. The van der Waals surface area contributed by atoms with Crippen molar-refractivity contribution in [2.24, 2.45) is 16.3 Å². The minimum atomic E-state index is -0.459. The van der Waals surface area contributed by atoms with Gasteiger partial charge in [-0.1, -0.05) is 61.8 Å². The molecule has 5 rings (SSSR count). The minimum Gasteiger partial charge on any atom is -0.294 e. The van der Waals surface area contributed by atoms with Crippen LogP contribution < -0.4 is 0 Å². The molecule has 140 valence electrons. The largest absolute Gasteiger partial charge is 0.294 e. The van der Waals surface area contributed by atoms with E-state index in [1.54, 1.807) is 0 Å². The lowest BCUT2D eigenvalue weighted by atomic mass is 9.66. The van der Waals surface area contributed by atoms with Crippen molar-refractivity contribution in [3.63, 3.8) is 0 Å². The number of carbonyl (C=O) groups excluding carboxylic acids is 2. The predicted octanol–water partition coefficient (Wildman–Crippen LogP) is 5.38. The van der Waals surface area contributed by atoms with E-state index in [0.717, 1.165) is 29.0 Å². The fraction of sp³-hybridized carbons (Fsp3) is 0.292. The summed E-state index contributed by atoms with van der Waals surface area (Å²) in [5.41, 5.74) is 4.71. The summed E-state index contributed by atoms with van der Waals surface area (Å²) in [7, 11) is 0. The number of hydrogen-bond acceptors (Lipinski definition) is 3. The molecule has 0 bridgehead atoms. The number of fused-ring (bicyclic) bond motifs is 3. The Balaban J connectivity index is 1.78. The lowest BCUT2D eigenvalue weighted by Crippen LogP contribution is -2.37. The van der Waals surface area contributed by atoms with Gasteiger partial charge in [-0.05, 0) is 29.5 Å². The number of aliphatic imine (C=N–C) groups is 1. The lowest BCUT2D eigenvalue weighted by molar-refractivity contribution is -0.118. The van der Waals surface area contributed by atoms with Crippen molar-refractivity contribution in [2.75, 3.05) is 0 Å². The first-order valence-corrected chi connectivity index (χ1v) is 9.97. The number of ketones is 2. The molecule has 2 aromatic rings. The van der Waals surface area contributed by atoms with Gasteiger partial charge in [0, 0.05) is 39.8 Å². The summed E-state index contributed by atoms with van der Waals surface area (Å²) in [6, 6.07) is 15.2. The zero-order valence-electron chi connectivity index (χ0n) is 15.8. The van der Waals surface area contributed by atoms with Gasteiger partial charge in [-0.2, -0.15) is 0 Å². The highest BCUT2D eigenvalue weighted by Crippen LogP contribution is 2.51. The Morgan fingerprint density at radius 3 is 2.46 bits per heavy atom. The smallest absolute Gasteiger partial charge is 0.173 e. The third kappa shape index (κ3) is 2.53. The molecule has 2 aromatic carbocycles. The highest BCUT2D eigenvalue weighted by Gasteiger charge is 2.50. The monoisotopic (exact) mass is 389 g/mol. The summed E-state index contributed by atoms with van der Waals surface area (Å²) in [6.07, 6.45) is 1.21. The molecule has 4 heteroatoms. The van der Waals surface area contributed by atoms with Gasteiger partial charge in [-0.25, -0.2) is 0 Å². The molecular weight excluding hydrogens is 370 g/mol. The van der Waals surface area contributed by atoms with E-state index in [2.05, 4.69) is 13.8 Å². The van der Waals surface area contributed by atoms with Gasteiger partial charge >= 0.3 is 0 Å². The van der Waals surface area contributed by atoms with Gasteiger partial charge in [0.2, 0.25) is 0 Å². The Bertz CT molecular complexity index is 1110. The predicted molar refractivity (Wildman–Crippen MR) is 110 cm³/mol. The van der Waals surface area contributed by atoms with E-state index in [4.69, 9.17) is 16.6 Å². The van der Waals surface area contributed by atoms with E-state index in [9.17, 15) is 9.59 Å². The molecule has 3 aliphatic rings. The maximum absolute atomic E-state index is 13.4. The van der Waals surface area contributed by atoms with Gasteiger partial charge < -0.3 is 0 Å². The van der Waals surface area contributed by atoms with Crippen LogP contribution in [0.25, 0.3) is 0 Å². The Kier molecular flexibility index (Phi) is 3.76. The maximum atomic E-state index is 13.4. The van der Waals surface area contributed by atoms with Crippen LogP contribution in [0.15, 0.2) is 64.8 Å². The van der Waals surface area contributed by atoms with Crippen LogP contribution in [0, 0.1) is 11.3 Å². The molecule has 0 saturated carbocycles. The van der Waals surface area contributed by atoms with Crippen molar-refractivity contribution in [3.05, 3.63) is 81.5 Å². The van der Waals surface area contributed by atoms with Crippen molar-refractivity contribution in [1.82, 2.24) is 0 Å². The number of Topliss-reactive ketones (excluding diaryl/α,β-unsaturated/α-hetero) is 2. The molecule has 0 saturated heterocycles. The number of carbonyl (C=O) groups is 2. The second-order valence-electron chi connectivity index (χ2n) is 8.72. The third-order valence-electron chi connectivity index (χ3n) is 6.05. The summed E-state index contributed by atoms with van der Waals surface area (Å²) < 4.78 is 0. The number of rotatable bonds is 1. The van der Waals surface area contributed by atoms with E-state index in [1.807, 2.05) is 48.5 Å². The number of allylic oxidation sites excluding steroid dienone is 2. The van der Waals surface area contributed by atoms with Gasteiger partial charge in [0.05, 0.1) is 11.6 Å². The summed E-state index contributed by atoms with van der Waals surface area (Å²) in [6.45, 7) is 4.20. The first kappa shape index (κ1) is 17.6. The van der Waals surface area contributed by atoms with Crippen LogP contribution in [-0.2, 0) is 4.79 Å². The van der Waals surface area contributed by atoms with Crippen LogP contribution >= 0.6 is 11.6 Å². The molecule has 3 nitrogen and oxygen atoms in total. The third-order valence-corrected chi connectivity index (χ3v) is 6.28. The van der Waals surface area contributed by atoms with Crippen LogP contribution in [0.2, 0.25) is 5.02 Å². The molecule has 0 aromatic heterocycles. The van der Waals surface area contributed by atoms with Crippen LogP contribution in [0.3, 0.4) is 0 Å². The molecule has 0 amide bonds. The van der Waals surface area contributed by atoms with Gasteiger partial charge in [-0.15, -0.1) is 0 Å². The van der Waals surface area contributed by atoms with Crippen molar-refractivity contribution in [3.8, 4) is 0 Å².